The highest BCUT2D eigenvalue weighted by molar-refractivity contribution is 5.26. The second-order valence-corrected chi connectivity index (χ2v) is 6.35. The molecular weight excluding hydrogens is 244 g/mol. The second-order valence-electron chi connectivity index (χ2n) is 6.35. The van der Waals surface area contributed by atoms with Crippen LogP contribution in [-0.4, -0.2) is 11.5 Å². The molecule has 112 valence electrons. The molecule has 0 spiro atoms. The van der Waals surface area contributed by atoms with E-state index < -0.39 is 0 Å². The van der Waals surface area contributed by atoms with Crippen LogP contribution < -0.4 is 5.32 Å². The molecule has 2 heteroatoms. The van der Waals surface area contributed by atoms with Crippen LogP contribution >= 0.6 is 0 Å². The van der Waals surface area contributed by atoms with E-state index in [-0.39, 0.29) is 0 Å². The van der Waals surface area contributed by atoms with Crippen LogP contribution in [0, 0.1) is 25.7 Å². The molecule has 0 aromatic carbocycles. The van der Waals surface area contributed by atoms with Gasteiger partial charge in [-0.2, -0.15) is 0 Å². The van der Waals surface area contributed by atoms with Gasteiger partial charge in [0.05, 0.1) is 0 Å². The molecule has 0 aliphatic heterocycles. The summed E-state index contributed by atoms with van der Waals surface area (Å²) in [5.74, 6) is 1.74. The van der Waals surface area contributed by atoms with Gasteiger partial charge in [-0.3, -0.25) is 4.98 Å². The van der Waals surface area contributed by atoms with Gasteiger partial charge in [0.2, 0.25) is 0 Å². The fourth-order valence-corrected chi connectivity index (χ4v) is 3.71. The highest BCUT2D eigenvalue weighted by atomic mass is 14.9. The van der Waals surface area contributed by atoms with Crippen molar-refractivity contribution in [1.82, 2.24) is 10.3 Å². The number of hydrogen-bond donors (Lipinski definition) is 1. The maximum absolute atomic E-state index is 4.66. The first-order valence-corrected chi connectivity index (χ1v) is 8.33. The second kappa shape index (κ2) is 7.21. The molecule has 1 aromatic heterocycles. The summed E-state index contributed by atoms with van der Waals surface area (Å²) in [6, 6.07) is 4.94. The third kappa shape index (κ3) is 3.60. The molecular formula is C18H30N2. The quantitative estimate of drug-likeness (QED) is 0.851. The van der Waals surface area contributed by atoms with Gasteiger partial charge < -0.3 is 5.32 Å². The number of nitrogens with one attached hydrogen (secondary N) is 1. The first-order chi connectivity index (χ1) is 9.65. The Morgan fingerprint density at radius 3 is 2.40 bits per heavy atom. The number of aromatic nitrogens is 1. The van der Waals surface area contributed by atoms with Crippen molar-refractivity contribution >= 4 is 0 Å². The van der Waals surface area contributed by atoms with Crippen molar-refractivity contribution < 1.29 is 0 Å². The van der Waals surface area contributed by atoms with Crippen LogP contribution in [0.25, 0.3) is 0 Å². The van der Waals surface area contributed by atoms with E-state index in [2.05, 4.69) is 50.1 Å². The molecule has 0 saturated heterocycles. The van der Waals surface area contributed by atoms with Crippen molar-refractivity contribution in [3.63, 3.8) is 0 Å². The summed E-state index contributed by atoms with van der Waals surface area (Å²) in [7, 11) is 0. The van der Waals surface area contributed by atoms with E-state index in [1.165, 1.54) is 43.4 Å². The third-order valence-electron chi connectivity index (χ3n) is 4.97. The Balaban J connectivity index is 2.14. The lowest BCUT2D eigenvalue weighted by Crippen LogP contribution is -2.31. The van der Waals surface area contributed by atoms with E-state index in [0.29, 0.717) is 6.04 Å². The molecule has 0 amide bonds. The summed E-state index contributed by atoms with van der Waals surface area (Å²) in [6.07, 6.45) is 6.89. The zero-order valence-corrected chi connectivity index (χ0v) is 13.6. The summed E-state index contributed by atoms with van der Waals surface area (Å²) >= 11 is 0. The lowest BCUT2D eigenvalue weighted by molar-refractivity contribution is 0.219. The molecule has 0 radical (unpaired) electrons. The zero-order valence-electron chi connectivity index (χ0n) is 13.6. The maximum atomic E-state index is 4.66. The van der Waals surface area contributed by atoms with E-state index in [9.17, 15) is 0 Å². The number of rotatable bonds is 5. The molecule has 1 heterocycles. The largest absolute Gasteiger partial charge is 0.310 e. The number of aryl methyl sites for hydroxylation is 2. The predicted molar refractivity (Wildman–Crippen MR) is 85.9 cm³/mol. The fourth-order valence-electron chi connectivity index (χ4n) is 3.71. The van der Waals surface area contributed by atoms with Gasteiger partial charge in [0.1, 0.15) is 0 Å². The minimum atomic E-state index is 0.492. The van der Waals surface area contributed by atoms with Crippen LogP contribution in [0.2, 0.25) is 0 Å². The predicted octanol–water partition coefficient (Wildman–Crippen LogP) is 4.57. The Bertz CT molecular complexity index is 419. The molecule has 1 saturated carbocycles. The Morgan fingerprint density at radius 2 is 1.85 bits per heavy atom. The molecule has 1 N–H and O–H groups in total. The first kappa shape index (κ1) is 15.5. The summed E-state index contributed by atoms with van der Waals surface area (Å²) < 4.78 is 0. The van der Waals surface area contributed by atoms with E-state index in [1.54, 1.807) is 0 Å². The summed E-state index contributed by atoms with van der Waals surface area (Å²) in [4.78, 5) is 4.66. The smallest absolute Gasteiger partial charge is 0.0423 e. The van der Waals surface area contributed by atoms with E-state index in [0.717, 1.165) is 24.1 Å². The lowest BCUT2D eigenvalue weighted by Gasteiger charge is -2.35. The minimum Gasteiger partial charge on any atom is -0.310 e. The number of pyridine rings is 1. The maximum Gasteiger partial charge on any atom is 0.0423 e. The van der Waals surface area contributed by atoms with Gasteiger partial charge in [-0.15, -0.1) is 0 Å². The van der Waals surface area contributed by atoms with Crippen molar-refractivity contribution in [3.05, 3.63) is 29.1 Å². The SMILES string of the molecule is CCNC(c1ccc(C)nc1C)C1CCC(CC)CC1. The molecule has 1 unspecified atom stereocenters. The van der Waals surface area contributed by atoms with E-state index in [4.69, 9.17) is 0 Å². The van der Waals surface area contributed by atoms with Crippen molar-refractivity contribution in [2.45, 2.75) is 65.8 Å². The van der Waals surface area contributed by atoms with E-state index in [1.807, 2.05) is 0 Å². The van der Waals surface area contributed by atoms with E-state index >= 15 is 0 Å². The lowest BCUT2D eigenvalue weighted by atomic mass is 9.75. The van der Waals surface area contributed by atoms with Crippen LogP contribution in [-0.2, 0) is 0 Å². The van der Waals surface area contributed by atoms with Crippen LogP contribution in [0.15, 0.2) is 12.1 Å². The Labute approximate surface area is 124 Å². The highest BCUT2D eigenvalue weighted by Crippen LogP contribution is 2.38. The van der Waals surface area contributed by atoms with Crippen molar-refractivity contribution in [2.24, 2.45) is 11.8 Å². The molecule has 1 aliphatic carbocycles. The third-order valence-corrected chi connectivity index (χ3v) is 4.97. The molecule has 0 bridgehead atoms. The minimum absolute atomic E-state index is 0.492. The standard InChI is InChI=1S/C18H30N2/c1-5-15-8-10-16(11-9-15)18(19-6-2)17-12-7-13(3)20-14(17)4/h7,12,15-16,18-19H,5-6,8-11H2,1-4H3. The molecule has 2 nitrogen and oxygen atoms in total. The monoisotopic (exact) mass is 274 g/mol. The Kier molecular flexibility index (Phi) is 5.59. The van der Waals surface area contributed by atoms with Gasteiger partial charge in [-0.25, -0.2) is 0 Å². The summed E-state index contributed by atoms with van der Waals surface area (Å²) in [5.41, 5.74) is 3.74. The van der Waals surface area contributed by atoms with Gasteiger partial charge in [0.25, 0.3) is 0 Å². The average Bonchev–Trinajstić information content (AvgIpc) is 2.46. The van der Waals surface area contributed by atoms with Crippen molar-refractivity contribution in [1.29, 1.82) is 0 Å². The molecule has 1 aliphatic rings. The van der Waals surface area contributed by atoms with Crippen LogP contribution in [0.3, 0.4) is 0 Å². The average molecular weight is 274 g/mol. The number of hydrogen-bond acceptors (Lipinski definition) is 2. The molecule has 2 rings (SSSR count). The summed E-state index contributed by atoms with van der Waals surface area (Å²) in [5, 5.41) is 3.72. The van der Waals surface area contributed by atoms with Gasteiger partial charge in [-0.1, -0.05) is 39.2 Å². The molecule has 1 atom stereocenters. The van der Waals surface area contributed by atoms with Gasteiger partial charge in [0.15, 0.2) is 0 Å². The fraction of sp³-hybridized carbons (Fsp3) is 0.722. The topological polar surface area (TPSA) is 24.9 Å². The molecule has 20 heavy (non-hydrogen) atoms. The molecule has 1 fully saturated rings. The van der Waals surface area contributed by atoms with Crippen LogP contribution in [0.5, 0.6) is 0 Å². The first-order valence-electron chi connectivity index (χ1n) is 8.33. The van der Waals surface area contributed by atoms with Crippen LogP contribution in [0.1, 0.15) is 68.9 Å². The Hall–Kier alpha value is -0.890. The Morgan fingerprint density at radius 1 is 1.15 bits per heavy atom. The summed E-state index contributed by atoms with van der Waals surface area (Å²) in [6.45, 7) is 9.81. The van der Waals surface area contributed by atoms with Crippen molar-refractivity contribution in [3.8, 4) is 0 Å². The van der Waals surface area contributed by atoms with Gasteiger partial charge >= 0.3 is 0 Å². The zero-order chi connectivity index (χ0) is 14.5. The van der Waals surface area contributed by atoms with Crippen molar-refractivity contribution in [2.75, 3.05) is 6.54 Å². The molecule has 1 aromatic rings. The number of nitrogens with zero attached hydrogens (tertiary/aromatic N) is 1. The van der Waals surface area contributed by atoms with Crippen LogP contribution in [0.4, 0.5) is 0 Å². The van der Waals surface area contributed by atoms with Gasteiger partial charge in [-0.05, 0) is 56.7 Å². The highest BCUT2D eigenvalue weighted by Gasteiger charge is 2.28. The van der Waals surface area contributed by atoms with Gasteiger partial charge in [0, 0.05) is 17.4 Å². The normalized spacial score (nSPS) is 24.6.